The van der Waals surface area contributed by atoms with Gasteiger partial charge in [-0.25, -0.2) is 4.79 Å². The molecule has 0 aromatic heterocycles. The molecule has 0 bridgehead atoms. The first-order valence-corrected chi connectivity index (χ1v) is 7.47. The first kappa shape index (κ1) is 19.6. The molecule has 134 valence electrons. The van der Waals surface area contributed by atoms with Crippen LogP contribution in [0.5, 0.6) is 0 Å². The SMILES string of the molecule is C[C@@H](C(=O)O)N1CC[C@H](C(=O)[C@H](CCC(=O)O)NC(=O)CN)C1=O. The van der Waals surface area contributed by atoms with Crippen LogP contribution in [-0.4, -0.2) is 69.8 Å². The fraction of sp³-hybridized carbons (Fsp3) is 0.643. The maximum absolute atomic E-state index is 12.5. The van der Waals surface area contributed by atoms with Gasteiger partial charge in [0.2, 0.25) is 11.8 Å². The summed E-state index contributed by atoms with van der Waals surface area (Å²) in [7, 11) is 0. The average molecular weight is 343 g/mol. The summed E-state index contributed by atoms with van der Waals surface area (Å²) in [6.07, 6.45) is -0.410. The predicted octanol–water partition coefficient (Wildman–Crippen LogP) is -1.81. The van der Waals surface area contributed by atoms with Crippen LogP contribution in [0, 0.1) is 5.92 Å². The second kappa shape index (κ2) is 8.39. The van der Waals surface area contributed by atoms with Crippen molar-refractivity contribution in [2.24, 2.45) is 11.7 Å². The molecule has 0 spiro atoms. The van der Waals surface area contributed by atoms with Gasteiger partial charge in [0.15, 0.2) is 5.78 Å². The topological polar surface area (TPSA) is 167 Å². The van der Waals surface area contributed by atoms with Gasteiger partial charge in [0.05, 0.1) is 12.6 Å². The van der Waals surface area contributed by atoms with Crippen molar-refractivity contribution in [1.29, 1.82) is 0 Å². The van der Waals surface area contributed by atoms with Gasteiger partial charge >= 0.3 is 11.9 Å². The molecule has 1 rings (SSSR count). The Morgan fingerprint density at radius 2 is 1.96 bits per heavy atom. The zero-order valence-electron chi connectivity index (χ0n) is 13.2. The van der Waals surface area contributed by atoms with E-state index >= 15 is 0 Å². The van der Waals surface area contributed by atoms with Gasteiger partial charge in [-0.05, 0) is 19.8 Å². The van der Waals surface area contributed by atoms with E-state index in [1.165, 1.54) is 6.92 Å². The normalized spacial score (nSPS) is 19.7. The molecule has 24 heavy (non-hydrogen) atoms. The van der Waals surface area contributed by atoms with E-state index in [0.29, 0.717) is 0 Å². The van der Waals surface area contributed by atoms with Gasteiger partial charge in [0.25, 0.3) is 0 Å². The number of rotatable bonds is 9. The third-order valence-corrected chi connectivity index (χ3v) is 3.92. The predicted molar refractivity (Wildman–Crippen MR) is 79.8 cm³/mol. The number of likely N-dealkylation sites (tertiary alicyclic amines) is 1. The maximum atomic E-state index is 12.5. The smallest absolute Gasteiger partial charge is 0.326 e. The van der Waals surface area contributed by atoms with Crippen LogP contribution in [0.1, 0.15) is 26.2 Å². The van der Waals surface area contributed by atoms with Crippen molar-refractivity contribution in [2.45, 2.75) is 38.3 Å². The summed E-state index contributed by atoms with van der Waals surface area (Å²) in [4.78, 5) is 59.0. The summed E-state index contributed by atoms with van der Waals surface area (Å²) in [5, 5.41) is 20.0. The Labute approximate surface area is 138 Å². The Bertz CT molecular complexity index is 548. The van der Waals surface area contributed by atoms with Crippen LogP contribution >= 0.6 is 0 Å². The number of hydrogen-bond donors (Lipinski definition) is 4. The molecule has 1 aliphatic rings. The molecule has 0 aromatic rings. The van der Waals surface area contributed by atoms with Crippen molar-refractivity contribution in [3.63, 3.8) is 0 Å². The molecule has 1 aliphatic heterocycles. The van der Waals surface area contributed by atoms with Crippen molar-refractivity contribution in [2.75, 3.05) is 13.1 Å². The molecule has 0 radical (unpaired) electrons. The molecule has 0 saturated carbocycles. The van der Waals surface area contributed by atoms with Crippen LogP contribution in [-0.2, 0) is 24.0 Å². The molecule has 1 fully saturated rings. The molecule has 10 nitrogen and oxygen atoms in total. The van der Waals surface area contributed by atoms with Crippen LogP contribution < -0.4 is 11.1 Å². The van der Waals surface area contributed by atoms with Gasteiger partial charge in [-0.3, -0.25) is 19.2 Å². The molecule has 10 heteroatoms. The number of nitrogens with one attached hydrogen (secondary N) is 1. The molecular weight excluding hydrogens is 322 g/mol. The van der Waals surface area contributed by atoms with Crippen LogP contribution in [0.3, 0.4) is 0 Å². The molecule has 3 atom stereocenters. The minimum atomic E-state index is -1.18. The summed E-state index contributed by atoms with van der Waals surface area (Å²) in [5.74, 6) is -5.31. The van der Waals surface area contributed by atoms with Gasteiger partial charge < -0.3 is 26.2 Å². The maximum Gasteiger partial charge on any atom is 0.326 e. The van der Waals surface area contributed by atoms with Gasteiger partial charge in [0, 0.05) is 13.0 Å². The number of ketones is 1. The number of carboxylic acid groups (broad SMARTS) is 2. The van der Waals surface area contributed by atoms with Crippen LogP contribution in [0.25, 0.3) is 0 Å². The number of carbonyl (C=O) groups excluding carboxylic acids is 3. The molecule has 2 amide bonds. The van der Waals surface area contributed by atoms with Gasteiger partial charge in [-0.2, -0.15) is 0 Å². The number of carbonyl (C=O) groups is 5. The van der Waals surface area contributed by atoms with E-state index < -0.39 is 47.5 Å². The molecule has 1 saturated heterocycles. The lowest BCUT2D eigenvalue weighted by atomic mass is 9.93. The number of amides is 2. The van der Waals surface area contributed by atoms with Gasteiger partial charge in [-0.1, -0.05) is 0 Å². The zero-order chi connectivity index (χ0) is 18.4. The lowest BCUT2D eigenvalue weighted by molar-refractivity contribution is -0.149. The second-order valence-corrected chi connectivity index (χ2v) is 5.55. The Balaban J connectivity index is 2.85. The Morgan fingerprint density at radius 1 is 1.33 bits per heavy atom. The molecular formula is C14H21N3O7. The average Bonchev–Trinajstić information content (AvgIpc) is 2.90. The Morgan fingerprint density at radius 3 is 2.46 bits per heavy atom. The third-order valence-electron chi connectivity index (χ3n) is 3.92. The van der Waals surface area contributed by atoms with Crippen molar-refractivity contribution in [1.82, 2.24) is 10.2 Å². The molecule has 0 aliphatic carbocycles. The molecule has 0 aromatic carbocycles. The minimum Gasteiger partial charge on any atom is -0.481 e. The highest BCUT2D eigenvalue weighted by molar-refractivity contribution is 6.06. The third kappa shape index (κ3) is 4.75. The van der Waals surface area contributed by atoms with E-state index in [1.54, 1.807) is 0 Å². The van der Waals surface area contributed by atoms with Crippen molar-refractivity contribution < 1.29 is 34.2 Å². The van der Waals surface area contributed by atoms with Crippen LogP contribution in [0.4, 0.5) is 0 Å². The Kier molecular flexibility index (Phi) is 6.83. The first-order valence-electron chi connectivity index (χ1n) is 7.47. The molecule has 0 unspecified atom stereocenters. The van der Waals surface area contributed by atoms with E-state index in [4.69, 9.17) is 15.9 Å². The minimum absolute atomic E-state index is 0.110. The lowest BCUT2D eigenvalue weighted by Crippen LogP contribution is -2.48. The Hall–Kier alpha value is -2.49. The number of carboxylic acids is 2. The van der Waals surface area contributed by atoms with Crippen LogP contribution in [0.15, 0.2) is 0 Å². The summed E-state index contributed by atoms with van der Waals surface area (Å²) in [6, 6.07) is -2.21. The summed E-state index contributed by atoms with van der Waals surface area (Å²) < 4.78 is 0. The first-order chi connectivity index (χ1) is 11.2. The fourth-order valence-electron chi connectivity index (χ4n) is 2.53. The number of nitrogens with two attached hydrogens (primary N) is 1. The number of nitrogens with zero attached hydrogens (tertiary/aromatic N) is 1. The van der Waals surface area contributed by atoms with Crippen LogP contribution in [0.2, 0.25) is 0 Å². The van der Waals surface area contributed by atoms with E-state index in [-0.39, 0.29) is 32.4 Å². The second-order valence-electron chi connectivity index (χ2n) is 5.55. The fourth-order valence-corrected chi connectivity index (χ4v) is 2.53. The summed E-state index contributed by atoms with van der Waals surface area (Å²) >= 11 is 0. The highest BCUT2D eigenvalue weighted by atomic mass is 16.4. The van der Waals surface area contributed by atoms with Gasteiger partial charge in [-0.15, -0.1) is 0 Å². The number of Topliss-reactive ketones (excluding diaryl/α,β-unsaturated/α-hetero) is 1. The van der Waals surface area contributed by atoms with Crippen molar-refractivity contribution >= 4 is 29.5 Å². The van der Waals surface area contributed by atoms with E-state index in [9.17, 15) is 24.0 Å². The molecule has 5 N–H and O–H groups in total. The number of hydrogen-bond acceptors (Lipinski definition) is 6. The molecule has 1 heterocycles. The highest BCUT2D eigenvalue weighted by Crippen LogP contribution is 2.23. The van der Waals surface area contributed by atoms with E-state index in [1.807, 2.05) is 0 Å². The summed E-state index contributed by atoms with van der Waals surface area (Å²) in [6.45, 7) is 1.07. The largest absolute Gasteiger partial charge is 0.481 e. The van der Waals surface area contributed by atoms with E-state index in [0.717, 1.165) is 4.90 Å². The van der Waals surface area contributed by atoms with Crippen molar-refractivity contribution in [3.8, 4) is 0 Å². The zero-order valence-corrected chi connectivity index (χ0v) is 13.2. The standard InChI is InChI=1S/C14H21N3O7/c1-7(14(23)24)17-5-4-8(13(17)22)12(21)9(2-3-11(19)20)16-10(18)6-15/h7-9H,2-6,15H2,1H3,(H,16,18)(H,19,20)(H,23,24)/t7-,8+,9-/m0/s1. The monoisotopic (exact) mass is 343 g/mol. The van der Waals surface area contributed by atoms with Crippen molar-refractivity contribution in [3.05, 3.63) is 0 Å². The van der Waals surface area contributed by atoms with Gasteiger partial charge in [0.1, 0.15) is 12.0 Å². The quantitative estimate of drug-likeness (QED) is 0.355. The van der Waals surface area contributed by atoms with E-state index in [2.05, 4.69) is 5.32 Å². The lowest BCUT2D eigenvalue weighted by Gasteiger charge is -2.22. The highest BCUT2D eigenvalue weighted by Gasteiger charge is 2.42. The number of aliphatic carboxylic acids is 2. The summed E-state index contributed by atoms with van der Waals surface area (Å²) in [5.41, 5.74) is 5.17.